The minimum atomic E-state index is -1.36. The van der Waals surface area contributed by atoms with Crippen LogP contribution in [0.15, 0.2) is 30.3 Å². The average molecular weight is 536 g/mol. The zero-order valence-electron chi connectivity index (χ0n) is 23.6. The summed E-state index contributed by atoms with van der Waals surface area (Å²) in [5, 5.41) is 12.4. The van der Waals surface area contributed by atoms with Crippen LogP contribution in [-0.4, -0.2) is 71.8 Å². The number of esters is 1. The van der Waals surface area contributed by atoms with Crippen molar-refractivity contribution >= 4 is 23.9 Å². The van der Waals surface area contributed by atoms with E-state index in [0.29, 0.717) is 6.42 Å². The summed E-state index contributed by atoms with van der Waals surface area (Å²) in [6, 6.07) is 7.48. The number of aryl methyl sites for hydroxylation is 1. The molecule has 0 saturated carbocycles. The third-order valence-corrected chi connectivity index (χ3v) is 5.99. The summed E-state index contributed by atoms with van der Waals surface area (Å²) in [4.78, 5) is 52.4. The maximum absolute atomic E-state index is 13.5. The summed E-state index contributed by atoms with van der Waals surface area (Å²) in [7, 11) is 1.19. The second-order valence-corrected chi connectivity index (χ2v) is 10.7. The van der Waals surface area contributed by atoms with Crippen LogP contribution in [-0.2, 0) is 30.3 Å². The number of unbranched alkanes of at least 4 members (excludes halogenated alkanes) is 2. The van der Waals surface area contributed by atoms with Gasteiger partial charge in [-0.1, -0.05) is 50.6 Å². The van der Waals surface area contributed by atoms with E-state index in [1.165, 1.54) is 12.7 Å². The van der Waals surface area contributed by atoms with Crippen molar-refractivity contribution in [1.82, 2.24) is 10.2 Å². The maximum Gasteiger partial charge on any atom is 0.407 e. The second-order valence-electron chi connectivity index (χ2n) is 10.7. The van der Waals surface area contributed by atoms with Crippen molar-refractivity contribution in [3.63, 3.8) is 0 Å². The van der Waals surface area contributed by atoms with Crippen molar-refractivity contribution in [2.24, 2.45) is 17.6 Å². The molecule has 1 rings (SSSR count). The van der Waals surface area contributed by atoms with Gasteiger partial charge in [-0.15, -0.1) is 0 Å². The molecule has 0 aliphatic rings. The lowest BCUT2D eigenvalue weighted by Crippen LogP contribution is -2.59. The Morgan fingerprint density at radius 1 is 1.05 bits per heavy atom. The van der Waals surface area contributed by atoms with Gasteiger partial charge in [0.25, 0.3) is 0 Å². The molecule has 1 aromatic rings. The van der Waals surface area contributed by atoms with Gasteiger partial charge in [0, 0.05) is 25.5 Å². The molecule has 0 aromatic heterocycles. The van der Waals surface area contributed by atoms with Crippen molar-refractivity contribution < 1.29 is 33.8 Å². The molecule has 0 radical (unpaired) electrons. The van der Waals surface area contributed by atoms with E-state index in [0.717, 1.165) is 24.2 Å². The van der Waals surface area contributed by atoms with Crippen molar-refractivity contribution in [3.8, 4) is 0 Å². The molecule has 0 fully saturated rings. The van der Waals surface area contributed by atoms with Gasteiger partial charge in [-0.25, -0.2) is 9.59 Å². The lowest BCUT2D eigenvalue weighted by molar-refractivity contribution is -0.163. The minimum Gasteiger partial charge on any atom is -0.467 e. The average Bonchev–Trinajstić information content (AvgIpc) is 2.85. The molecule has 0 spiro atoms. The van der Waals surface area contributed by atoms with Gasteiger partial charge in [-0.2, -0.15) is 0 Å². The van der Waals surface area contributed by atoms with Crippen molar-refractivity contribution in [3.05, 3.63) is 35.9 Å². The molecule has 10 nitrogen and oxygen atoms in total. The Balaban J connectivity index is 2.94. The Morgan fingerprint density at radius 3 is 2.21 bits per heavy atom. The first kappa shape index (κ1) is 33.0. The van der Waals surface area contributed by atoms with E-state index >= 15 is 0 Å². The zero-order chi connectivity index (χ0) is 28.9. The largest absolute Gasteiger partial charge is 0.467 e. The maximum atomic E-state index is 13.5. The van der Waals surface area contributed by atoms with E-state index in [-0.39, 0.29) is 13.0 Å². The van der Waals surface area contributed by atoms with Gasteiger partial charge < -0.3 is 25.6 Å². The van der Waals surface area contributed by atoms with Crippen LogP contribution in [0.3, 0.4) is 0 Å². The monoisotopic (exact) mass is 535 g/mol. The van der Waals surface area contributed by atoms with Gasteiger partial charge in [-0.05, 0) is 51.5 Å². The Hall–Kier alpha value is -2.98. The first-order valence-corrected chi connectivity index (χ1v) is 13.1. The van der Waals surface area contributed by atoms with Gasteiger partial charge in [0.2, 0.25) is 11.8 Å². The van der Waals surface area contributed by atoms with Crippen LogP contribution in [0.4, 0.5) is 4.79 Å². The van der Waals surface area contributed by atoms with Crippen LogP contribution in [0, 0.1) is 11.8 Å². The summed E-state index contributed by atoms with van der Waals surface area (Å²) in [6.45, 7) is 7.82. The number of carbonyl (C=O) groups is 4. The number of imide groups is 1. The Kier molecular flexibility index (Phi) is 14.0. The number of amides is 3. The van der Waals surface area contributed by atoms with Gasteiger partial charge in [-0.3, -0.25) is 14.5 Å². The quantitative estimate of drug-likeness (QED) is 0.243. The number of hydrogen-bond donors (Lipinski definition) is 3. The molecule has 3 atom stereocenters. The fraction of sp³-hybridized carbons (Fsp3) is 0.643. The van der Waals surface area contributed by atoms with Gasteiger partial charge in [0.15, 0.2) is 0 Å². The van der Waals surface area contributed by atoms with E-state index in [4.69, 9.17) is 15.2 Å². The molecule has 3 unspecified atom stereocenters. The molecule has 0 aliphatic carbocycles. The van der Waals surface area contributed by atoms with Gasteiger partial charge >= 0.3 is 12.1 Å². The first-order valence-electron chi connectivity index (χ1n) is 13.1. The number of benzene rings is 1. The Bertz CT molecular complexity index is 899. The lowest BCUT2D eigenvalue weighted by Gasteiger charge is -2.34. The number of aliphatic hydroxyl groups excluding tert-OH is 1. The van der Waals surface area contributed by atoms with Crippen LogP contribution in [0.25, 0.3) is 0 Å². The SMILES string of the molecule is COC(=O)C(C(C)C)N(C(=O)CCCCCc1ccccc1)C(=O)C(N)C(CO)CNC(=O)OC(C)(C)C. The number of nitrogens with one attached hydrogen (secondary N) is 1. The van der Waals surface area contributed by atoms with E-state index < -0.39 is 60.0 Å². The minimum absolute atomic E-state index is 0.0490. The second kappa shape index (κ2) is 16.1. The van der Waals surface area contributed by atoms with Gasteiger partial charge in [0.05, 0.1) is 13.2 Å². The number of rotatable bonds is 14. The Morgan fingerprint density at radius 2 is 1.68 bits per heavy atom. The predicted octanol–water partition coefficient (Wildman–Crippen LogP) is 2.80. The number of hydrogen-bond acceptors (Lipinski definition) is 8. The van der Waals surface area contributed by atoms with E-state index in [9.17, 15) is 24.3 Å². The van der Waals surface area contributed by atoms with Crippen LogP contribution in [0.2, 0.25) is 0 Å². The molecule has 0 aliphatic heterocycles. The Labute approximate surface area is 226 Å². The third kappa shape index (κ3) is 11.2. The summed E-state index contributed by atoms with van der Waals surface area (Å²) >= 11 is 0. The molecular formula is C28H45N3O7. The van der Waals surface area contributed by atoms with Crippen molar-refractivity contribution in [2.45, 2.75) is 84.4 Å². The molecule has 10 heteroatoms. The van der Waals surface area contributed by atoms with Crippen LogP contribution in [0.5, 0.6) is 0 Å². The molecule has 0 saturated heterocycles. The predicted molar refractivity (Wildman–Crippen MR) is 144 cm³/mol. The topological polar surface area (TPSA) is 148 Å². The lowest BCUT2D eigenvalue weighted by atomic mass is 9.96. The number of alkyl carbamates (subject to hydrolysis) is 1. The summed E-state index contributed by atoms with van der Waals surface area (Å²) in [5.41, 5.74) is 6.68. The van der Waals surface area contributed by atoms with Crippen LogP contribution >= 0.6 is 0 Å². The smallest absolute Gasteiger partial charge is 0.407 e. The fourth-order valence-electron chi connectivity index (χ4n) is 3.95. The number of nitrogens with zero attached hydrogens (tertiary/aromatic N) is 1. The molecule has 214 valence electrons. The van der Waals surface area contributed by atoms with E-state index in [1.54, 1.807) is 34.6 Å². The van der Waals surface area contributed by atoms with Crippen LogP contribution < -0.4 is 11.1 Å². The highest BCUT2D eigenvalue weighted by atomic mass is 16.6. The molecule has 1 aromatic carbocycles. The molecule has 3 amide bonds. The number of ether oxygens (including phenoxy) is 2. The number of methoxy groups -OCH3 is 1. The van der Waals surface area contributed by atoms with E-state index in [1.807, 2.05) is 30.3 Å². The summed E-state index contributed by atoms with van der Waals surface area (Å²) in [5.74, 6) is -3.43. The number of carbonyl (C=O) groups excluding carboxylic acids is 4. The molecule has 38 heavy (non-hydrogen) atoms. The molecule has 0 bridgehead atoms. The summed E-state index contributed by atoms with van der Waals surface area (Å²) < 4.78 is 10.1. The zero-order valence-corrected chi connectivity index (χ0v) is 23.6. The first-order chi connectivity index (χ1) is 17.8. The van der Waals surface area contributed by atoms with Crippen molar-refractivity contribution in [2.75, 3.05) is 20.3 Å². The van der Waals surface area contributed by atoms with E-state index in [2.05, 4.69) is 5.32 Å². The standard InChI is InChI=1S/C28H45N3O7/c1-19(2)24(26(35)37-6)31(22(33)16-12-8-11-15-20-13-9-7-10-14-20)25(34)23(29)21(18-32)17-30-27(36)38-28(3,4)5/h7,9-10,13-14,19,21,23-24,32H,8,11-12,15-18,29H2,1-6H3,(H,30,36). The molecular weight excluding hydrogens is 490 g/mol. The third-order valence-electron chi connectivity index (χ3n) is 5.99. The number of aliphatic hydroxyl groups is 1. The summed E-state index contributed by atoms with van der Waals surface area (Å²) in [6.07, 6.45) is 2.36. The van der Waals surface area contributed by atoms with Gasteiger partial charge in [0.1, 0.15) is 11.6 Å². The highest BCUT2D eigenvalue weighted by Crippen LogP contribution is 2.19. The normalized spacial score (nSPS) is 13.8. The van der Waals surface area contributed by atoms with Crippen LogP contribution in [0.1, 0.15) is 65.9 Å². The molecule has 0 heterocycles. The molecule has 4 N–H and O–H groups in total. The fourth-order valence-corrected chi connectivity index (χ4v) is 3.95. The highest BCUT2D eigenvalue weighted by Gasteiger charge is 2.41. The number of nitrogens with two attached hydrogens (primary N) is 1. The van der Waals surface area contributed by atoms with Crippen molar-refractivity contribution in [1.29, 1.82) is 0 Å². The highest BCUT2D eigenvalue weighted by molar-refractivity contribution is 6.01.